The first-order valence-corrected chi connectivity index (χ1v) is 10.9. The van der Waals surface area contributed by atoms with Gasteiger partial charge in [0.15, 0.2) is 5.82 Å². The molecule has 3 rings (SSSR count). The highest BCUT2D eigenvalue weighted by molar-refractivity contribution is 5.71. The zero-order valence-electron chi connectivity index (χ0n) is 19.9. The summed E-state index contributed by atoms with van der Waals surface area (Å²) in [5.74, 6) is -1.77. The van der Waals surface area contributed by atoms with Crippen LogP contribution < -0.4 is 10.1 Å². The number of benzene rings is 1. The van der Waals surface area contributed by atoms with Gasteiger partial charge in [0.2, 0.25) is 0 Å². The van der Waals surface area contributed by atoms with Gasteiger partial charge in [-0.3, -0.25) is 9.78 Å². The summed E-state index contributed by atoms with van der Waals surface area (Å²) in [6, 6.07) is 8.66. The van der Waals surface area contributed by atoms with Crippen LogP contribution in [0.25, 0.3) is 11.3 Å². The predicted octanol–water partition coefficient (Wildman–Crippen LogP) is 4.25. The van der Waals surface area contributed by atoms with Crippen molar-refractivity contribution in [3.05, 3.63) is 66.0 Å². The maximum absolute atomic E-state index is 14.0. The molecule has 0 bridgehead atoms. The van der Waals surface area contributed by atoms with Crippen LogP contribution in [0.2, 0.25) is 0 Å². The van der Waals surface area contributed by atoms with Crippen molar-refractivity contribution in [1.29, 1.82) is 5.26 Å². The van der Waals surface area contributed by atoms with Gasteiger partial charge in [0.05, 0.1) is 29.6 Å². The minimum absolute atomic E-state index is 0.0838. The summed E-state index contributed by atoms with van der Waals surface area (Å²) >= 11 is 0. The first kappa shape index (κ1) is 26.0. The maximum Gasteiger partial charge on any atom is 0.407 e. The Morgan fingerprint density at radius 1 is 1.19 bits per heavy atom. The minimum atomic E-state index is -1.08. The highest BCUT2D eigenvalue weighted by Crippen LogP contribution is 2.26. The smallest absolute Gasteiger partial charge is 0.407 e. The lowest BCUT2D eigenvalue weighted by molar-refractivity contribution is -0.137. The lowest BCUT2D eigenvalue weighted by Crippen LogP contribution is -2.41. The van der Waals surface area contributed by atoms with Crippen molar-refractivity contribution in [2.75, 3.05) is 0 Å². The van der Waals surface area contributed by atoms with Crippen LogP contribution in [0.15, 0.2) is 48.9 Å². The van der Waals surface area contributed by atoms with Crippen LogP contribution in [-0.4, -0.2) is 43.8 Å². The second-order valence-electron chi connectivity index (χ2n) is 8.79. The number of amides is 1. The normalized spacial score (nSPS) is 11.8. The Morgan fingerprint density at radius 2 is 1.92 bits per heavy atom. The number of nitrogens with one attached hydrogen (secondary N) is 1. The van der Waals surface area contributed by atoms with Crippen LogP contribution in [0.5, 0.6) is 11.6 Å². The zero-order chi connectivity index (χ0) is 26.3. The van der Waals surface area contributed by atoms with Crippen LogP contribution >= 0.6 is 0 Å². The monoisotopic (exact) mass is 493 g/mol. The molecule has 10 nitrogen and oxygen atoms in total. The number of carbonyl (C=O) groups excluding carboxylic acids is 1. The van der Waals surface area contributed by atoms with Crippen LogP contribution in [0.1, 0.15) is 38.4 Å². The van der Waals surface area contributed by atoms with E-state index < -0.39 is 29.5 Å². The molecule has 2 heterocycles. The molecule has 0 aliphatic heterocycles. The van der Waals surface area contributed by atoms with Crippen molar-refractivity contribution < 1.29 is 28.6 Å². The summed E-state index contributed by atoms with van der Waals surface area (Å²) in [6.07, 6.45) is 3.32. The van der Waals surface area contributed by atoms with E-state index in [1.165, 1.54) is 18.6 Å². The van der Waals surface area contributed by atoms with Crippen LogP contribution in [0.3, 0.4) is 0 Å². The first-order chi connectivity index (χ1) is 17.0. The number of nitrogens with zero attached hydrogens (tertiary/aromatic N) is 4. The SMILES string of the molecule is CC(C)(C)OC(=O)NC(CC(=O)O)Cc1cncc(-c2ccc(Oc3ncc(C#N)cc3F)cc2)n1. The van der Waals surface area contributed by atoms with Crippen molar-refractivity contribution in [2.24, 2.45) is 0 Å². The molecule has 2 N–H and O–H groups in total. The van der Waals surface area contributed by atoms with Crippen molar-refractivity contribution >= 4 is 12.1 Å². The molecule has 186 valence electrons. The molecule has 0 radical (unpaired) electrons. The topological polar surface area (TPSA) is 147 Å². The second-order valence-corrected chi connectivity index (χ2v) is 8.79. The lowest BCUT2D eigenvalue weighted by atomic mass is 10.1. The summed E-state index contributed by atoms with van der Waals surface area (Å²) in [5, 5.41) is 20.6. The van der Waals surface area contributed by atoms with Gasteiger partial charge < -0.3 is 19.9 Å². The summed E-state index contributed by atoms with van der Waals surface area (Å²) in [4.78, 5) is 35.9. The standard InChI is InChI=1S/C25H24FN5O5/c1-25(2,3)36-24(34)31-17(10-22(32)33)9-18-13-28-14-21(30-18)16-4-6-19(7-5-16)35-23-20(26)8-15(11-27)12-29-23/h4-8,12-14,17H,9-10H2,1-3H3,(H,31,34)(H,32,33). The van der Waals surface area contributed by atoms with Gasteiger partial charge in [0, 0.05) is 30.4 Å². The Kier molecular flexibility index (Phi) is 8.11. The molecule has 0 fully saturated rings. The molecule has 1 amide bonds. The van der Waals surface area contributed by atoms with Crippen LogP contribution in [0, 0.1) is 17.1 Å². The van der Waals surface area contributed by atoms with Gasteiger partial charge in [0.25, 0.3) is 5.88 Å². The summed E-state index contributed by atoms with van der Waals surface area (Å²) < 4.78 is 24.7. The van der Waals surface area contributed by atoms with Crippen LogP contribution in [0.4, 0.5) is 9.18 Å². The molecule has 0 aliphatic carbocycles. The van der Waals surface area contributed by atoms with Gasteiger partial charge in [-0.25, -0.2) is 19.2 Å². The van der Waals surface area contributed by atoms with Gasteiger partial charge in [0.1, 0.15) is 17.4 Å². The van der Waals surface area contributed by atoms with Crippen molar-refractivity contribution in [1.82, 2.24) is 20.3 Å². The Bertz CT molecular complexity index is 1290. The quantitative estimate of drug-likeness (QED) is 0.470. The van der Waals surface area contributed by atoms with Gasteiger partial charge >= 0.3 is 12.1 Å². The van der Waals surface area contributed by atoms with Crippen LogP contribution in [-0.2, 0) is 16.0 Å². The largest absolute Gasteiger partial charge is 0.481 e. The number of carboxylic acids is 1. The Morgan fingerprint density at radius 3 is 2.53 bits per heavy atom. The highest BCUT2D eigenvalue weighted by atomic mass is 19.1. The Labute approximate surface area is 206 Å². The number of rotatable bonds is 8. The number of aromatic nitrogens is 3. The molecule has 1 aromatic carbocycles. The molecule has 3 aromatic rings. The van der Waals surface area contributed by atoms with Gasteiger partial charge in [-0.05, 0) is 51.1 Å². The average molecular weight is 493 g/mol. The molecule has 36 heavy (non-hydrogen) atoms. The molecule has 1 atom stereocenters. The zero-order valence-corrected chi connectivity index (χ0v) is 19.9. The van der Waals surface area contributed by atoms with E-state index in [0.717, 1.165) is 6.07 Å². The fraction of sp³-hybridized carbons (Fsp3) is 0.280. The Hall–Kier alpha value is -4.59. The number of nitriles is 1. The number of carboxylic acid groups (broad SMARTS) is 1. The number of ether oxygens (including phenoxy) is 2. The van der Waals surface area contributed by atoms with E-state index >= 15 is 0 Å². The van der Waals surface area contributed by atoms with Crippen molar-refractivity contribution in [3.8, 4) is 29.0 Å². The molecule has 0 saturated heterocycles. The summed E-state index contributed by atoms with van der Waals surface area (Å²) in [6.45, 7) is 5.13. The summed E-state index contributed by atoms with van der Waals surface area (Å²) in [5.41, 5.74) is 1.02. The molecule has 0 saturated carbocycles. The molecule has 0 spiro atoms. The molecular formula is C25H24FN5O5. The fourth-order valence-corrected chi connectivity index (χ4v) is 3.12. The third kappa shape index (κ3) is 7.73. The van der Waals surface area contributed by atoms with Crippen molar-refractivity contribution in [3.63, 3.8) is 0 Å². The third-order valence-corrected chi connectivity index (χ3v) is 4.58. The van der Waals surface area contributed by atoms with E-state index in [1.807, 2.05) is 0 Å². The van der Waals surface area contributed by atoms with E-state index in [-0.39, 0.29) is 24.3 Å². The number of carbonyl (C=O) groups is 2. The van der Waals surface area contributed by atoms with Crippen molar-refractivity contribution in [2.45, 2.75) is 45.3 Å². The van der Waals surface area contributed by atoms with E-state index in [0.29, 0.717) is 22.7 Å². The minimum Gasteiger partial charge on any atom is -0.481 e. The lowest BCUT2D eigenvalue weighted by Gasteiger charge is -2.23. The van der Waals surface area contributed by atoms with Gasteiger partial charge in [-0.15, -0.1) is 0 Å². The van der Waals surface area contributed by atoms with E-state index in [2.05, 4.69) is 20.3 Å². The molecule has 0 aliphatic rings. The van der Waals surface area contributed by atoms with Gasteiger partial charge in [-0.1, -0.05) is 0 Å². The van der Waals surface area contributed by atoms with Gasteiger partial charge in [-0.2, -0.15) is 5.26 Å². The number of halogens is 1. The highest BCUT2D eigenvalue weighted by Gasteiger charge is 2.22. The number of aliphatic carboxylic acids is 1. The average Bonchev–Trinajstić information content (AvgIpc) is 2.79. The van der Waals surface area contributed by atoms with E-state index in [4.69, 9.17) is 14.7 Å². The van der Waals surface area contributed by atoms with E-state index in [9.17, 15) is 19.1 Å². The Balaban J connectivity index is 1.72. The molecule has 1 unspecified atom stereocenters. The number of hydrogen-bond acceptors (Lipinski definition) is 8. The molecular weight excluding hydrogens is 469 g/mol. The molecule has 2 aromatic heterocycles. The predicted molar refractivity (Wildman–Crippen MR) is 126 cm³/mol. The summed E-state index contributed by atoms with van der Waals surface area (Å²) in [7, 11) is 0. The number of hydrogen-bond donors (Lipinski definition) is 2. The third-order valence-electron chi connectivity index (χ3n) is 4.58. The number of pyridine rings is 1. The number of alkyl carbamates (subject to hydrolysis) is 1. The molecule has 11 heteroatoms. The van der Waals surface area contributed by atoms with E-state index in [1.54, 1.807) is 51.1 Å². The second kappa shape index (κ2) is 11.2. The maximum atomic E-state index is 14.0. The first-order valence-electron chi connectivity index (χ1n) is 10.9. The fourth-order valence-electron chi connectivity index (χ4n) is 3.12.